The van der Waals surface area contributed by atoms with Gasteiger partial charge in [0.15, 0.2) is 0 Å². The number of aliphatic hydroxyl groups is 1. The molecule has 0 bridgehead atoms. The molecule has 3 N–H and O–H groups in total. The van der Waals surface area contributed by atoms with Crippen molar-refractivity contribution in [2.75, 3.05) is 18.4 Å². The van der Waals surface area contributed by atoms with Crippen LogP contribution in [-0.4, -0.2) is 46.3 Å². The molecule has 1 aliphatic heterocycles. The second-order valence-corrected chi connectivity index (χ2v) is 5.62. The maximum atomic E-state index is 12.2. The molecule has 1 aromatic rings. The standard InChI is InChI=1S/C14H17ClN2O4/c1-8-7-17(5-4-12(8)18)14(21)16-11-6-9(13(19)20)2-3-10(11)15/h2-3,6,8,12,18H,4-5,7H2,1H3,(H,16,21)(H,19,20). The Labute approximate surface area is 127 Å². The molecule has 114 valence electrons. The Morgan fingerprint density at radius 3 is 2.76 bits per heavy atom. The van der Waals surface area contributed by atoms with Gasteiger partial charge in [0.25, 0.3) is 0 Å². The molecule has 6 nitrogen and oxygen atoms in total. The molecule has 1 aliphatic rings. The summed E-state index contributed by atoms with van der Waals surface area (Å²) in [5.41, 5.74) is 0.317. The predicted molar refractivity (Wildman–Crippen MR) is 78.8 cm³/mol. The Morgan fingerprint density at radius 2 is 2.14 bits per heavy atom. The summed E-state index contributed by atoms with van der Waals surface area (Å²) in [6.45, 7) is 2.78. The number of rotatable bonds is 2. The highest BCUT2D eigenvalue weighted by Crippen LogP contribution is 2.24. The van der Waals surface area contributed by atoms with E-state index in [9.17, 15) is 14.7 Å². The fraction of sp³-hybridized carbons (Fsp3) is 0.429. The van der Waals surface area contributed by atoms with E-state index in [2.05, 4.69) is 5.32 Å². The van der Waals surface area contributed by atoms with Crippen molar-refractivity contribution in [2.24, 2.45) is 5.92 Å². The van der Waals surface area contributed by atoms with Crippen molar-refractivity contribution in [3.8, 4) is 0 Å². The number of aliphatic hydroxyl groups excluding tert-OH is 1. The van der Waals surface area contributed by atoms with E-state index in [1.165, 1.54) is 18.2 Å². The molecule has 2 atom stereocenters. The Kier molecular flexibility index (Phi) is 4.69. The van der Waals surface area contributed by atoms with Gasteiger partial charge in [-0.25, -0.2) is 9.59 Å². The average molecular weight is 313 g/mol. The van der Waals surface area contributed by atoms with Crippen molar-refractivity contribution in [2.45, 2.75) is 19.4 Å². The van der Waals surface area contributed by atoms with Crippen LogP contribution in [0.2, 0.25) is 5.02 Å². The van der Waals surface area contributed by atoms with Gasteiger partial charge in [0.2, 0.25) is 0 Å². The van der Waals surface area contributed by atoms with E-state index < -0.39 is 12.1 Å². The van der Waals surface area contributed by atoms with E-state index in [0.717, 1.165) is 0 Å². The van der Waals surface area contributed by atoms with Gasteiger partial charge in [-0.05, 0) is 30.5 Å². The fourth-order valence-corrected chi connectivity index (χ4v) is 2.43. The first kappa shape index (κ1) is 15.6. The van der Waals surface area contributed by atoms with Crippen LogP contribution in [0.25, 0.3) is 0 Å². The first-order valence-electron chi connectivity index (χ1n) is 6.65. The molecular formula is C14H17ClN2O4. The Bertz CT molecular complexity index is 564. The van der Waals surface area contributed by atoms with Crippen molar-refractivity contribution in [1.29, 1.82) is 0 Å². The lowest BCUT2D eigenvalue weighted by atomic mass is 9.97. The SMILES string of the molecule is CC1CN(C(=O)Nc2cc(C(=O)O)ccc2Cl)CCC1O. The van der Waals surface area contributed by atoms with E-state index in [1.807, 2.05) is 6.92 Å². The Balaban J connectivity index is 2.09. The van der Waals surface area contributed by atoms with E-state index in [4.69, 9.17) is 16.7 Å². The molecule has 2 unspecified atom stereocenters. The topological polar surface area (TPSA) is 89.9 Å². The van der Waals surface area contributed by atoms with Gasteiger partial charge in [-0.3, -0.25) is 0 Å². The highest BCUT2D eigenvalue weighted by atomic mass is 35.5. The quantitative estimate of drug-likeness (QED) is 0.781. The maximum absolute atomic E-state index is 12.2. The lowest BCUT2D eigenvalue weighted by molar-refractivity contribution is 0.0505. The Hall–Kier alpha value is -1.79. The summed E-state index contributed by atoms with van der Waals surface area (Å²) in [4.78, 5) is 24.7. The van der Waals surface area contributed by atoms with Crippen molar-refractivity contribution in [1.82, 2.24) is 4.90 Å². The molecule has 1 saturated heterocycles. The van der Waals surface area contributed by atoms with Crippen LogP contribution in [0.3, 0.4) is 0 Å². The van der Waals surface area contributed by atoms with Crippen LogP contribution in [0.5, 0.6) is 0 Å². The molecule has 1 aromatic carbocycles. The van der Waals surface area contributed by atoms with Crippen molar-refractivity contribution in [3.63, 3.8) is 0 Å². The maximum Gasteiger partial charge on any atom is 0.335 e. The van der Waals surface area contributed by atoms with Gasteiger partial charge in [0.1, 0.15) is 0 Å². The fourth-order valence-electron chi connectivity index (χ4n) is 2.27. The van der Waals surface area contributed by atoms with Gasteiger partial charge < -0.3 is 20.4 Å². The van der Waals surface area contributed by atoms with Crippen LogP contribution in [0.4, 0.5) is 10.5 Å². The summed E-state index contributed by atoms with van der Waals surface area (Å²) >= 11 is 5.97. The zero-order valence-electron chi connectivity index (χ0n) is 11.5. The highest BCUT2D eigenvalue weighted by molar-refractivity contribution is 6.33. The van der Waals surface area contributed by atoms with Crippen LogP contribution < -0.4 is 5.32 Å². The number of hydrogen-bond acceptors (Lipinski definition) is 3. The third-order valence-electron chi connectivity index (χ3n) is 3.60. The summed E-state index contributed by atoms with van der Waals surface area (Å²) in [6, 6.07) is 3.78. The molecule has 0 aliphatic carbocycles. The number of hydrogen-bond donors (Lipinski definition) is 3. The molecule has 0 spiro atoms. The number of amides is 2. The van der Waals surface area contributed by atoms with E-state index in [1.54, 1.807) is 4.90 Å². The van der Waals surface area contributed by atoms with E-state index >= 15 is 0 Å². The summed E-state index contributed by atoms with van der Waals surface area (Å²) < 4.78 is 0. The van der Waals surface area contributed by atoms with Gasteiger partial charge in [0, 0.05) is 13.1 Å². The number of anilines is 1. The second-order valence-electron chi connectivity index (χ2n) is 5.21. The number of benzene rings is 1. The van der Waals surface area contributed by atoms with Crippen LogP contribution in [0.15, 0.2) is 18.2 Å². The van der Waals surface area contributed by atoms with Crippen LogP contribution in [0.1, 0.15) is 23.7 Å². The zero-order chi connectivity index (χ0) is 15.6. The lowest BCUT2D eigenvalue weighted by Gasteiger charge is -2.34. The van der Waals surface area contributed by atoms with E-state index in [0.29, 0.717) is 19.5 Å². The molecular weight excluding hydrogens is 296 g/mol. The minimum atomic E-state index is -1.09. The monoisotopic (exact) mass is 312 g/mol. The summed E-state index contributed by atoms with van der Waals surface area (Å²) in [5.74, 6) is -1.08. The molecule has 2 amide bonds. The number of urea groups is 1. The second kappa shape index (κ2) is 6.32. The zero-order valence-corrected chi connectivity index (χ0v) is 12.3. The van der Waals surface area contributed by atoms with Gasteiger partial charge in [0.05, 0.1) is 22.4 Å². The number of halogens is 1. The van der Waals surface area contributed by atoms with Gasteiger partial charge in [-0.1, -0.05) is 18.5 Å². The smallest absolute Gasteiger partial charge is 0.335 e. The number of likely N-dealkylation sites (tertiary alicyclic amines) is 1. The molecule has 21 heavy (non-hydrogen) atoms. The van der Waals surface area contributed by atoms with Crippen molar-refractivity contribution >= 4 is 29.3 Å². The number of carbonyl (C=O) groups is 2. The number of nitrogens with zero attached hydrogens (tertiary/aromatic N) is 1. The van der Waals surface area contributed by atoms with Gasteiger partial charge >= 0.3 is 12.0 Å². The molecule has 0 saturated carbocycles. The first-order valence-corrected chi connectivity index (χ1v) is 7.03. The molecule has 0 aromatic heterocycles. The largest absolute Gasteiger partial charge is 0.478 e. The van der Waals surface area contributed by atoms with E-state index in [-0.39, 0.29) is 28.2 Å². The van der Waals surface area contributed by atoms with Crippen molar-refractivity contribution < 1.29 is 19.8 Å². The van der Waals surface area contributed by atoms with Gasteiger partial charge in [-0.2, -0.15) is 0 Å². The molecule has 7 heteroatoms. The van der Waals surface area contributed by atoms with Gasteiger partial charge in [-0.15, -0.1) is 0 Å². The molecule has 1 fully saturated rings. The van der Waals surface area contributed by atoms with Crippen LogP contribution in [0, 0.1) is 5.92 Å². The summed E-state index contributed by atoms with van der Waals surface area (Å²) in [7, 11) is 0. The minimum absolute atomic E-state index is 0.00493. The highest BCUT2D eigenvalue weighted by Gasteiger charge is 2.27. The Morgan fingerprint density at radius 1 is 1.43 bits per heavy atom. The van der Waals surface area contributed by atoms with Crippen LogP contribution >= 0.6 is 11.6 Å². The number of piperidine rings is 1. The van der Waals surface area contributed by atoms with Crippen LogP contribution in [-0.2, 0) is 0 Å². The first-order chi connectivity index (χ1) is 9.88. The van der Waals surface area contributed by atoms with Crippen molar-refractivity contribution in [3.05, 3.63) is 28.8 Å². The predicted octanol–water partition coefficient (Wildman–Crippen LogP) is 2.27. The number of carboxylic acids is 1. The minimum Gasteiger partial charge on any atom is -0.478 e. The molecule has 2 rings (SSSR count). The number of nitrogens with one attached hydrogen (secondary N) is 1. The normalized spacial score (nSPS) is 22.0. The summed E-state index contributed by atoms with van der Waals surface area (Å²) in [5, 5.41) is 21.5. The average Bonchev–Trinajstić information content (AvgIpc) is 2.43. The molecule has 0 radical (unpaired) electrons. The lowest BCUT2D eigenvalue weighted by Crippen LogP contribution is -2.46. The number of carbonyl (C=O) groups excluding carboxylic acids is 1. The summed E-state index contributed by atoms with van der Waals surface area (Å²) in [6.07, 6.45) is 0.130. The third-order valence-corrected chi connectivity index (χ3v) is 3.93. The third kappa shape index (κ3) is 3.65. The molecule has 1 heterocycles. The number of aromatic carboxylic acids is 1. The number of carboxylic acid groups (broad SMARTS) is 1.